The van der Waals surface area contributed by atoms with Crippen LogP contribution in [-0.2, 0) is 35.6 Å². The van der Waals surface area contributed by atoms with Crippen LogP contribution in [0.4, 0.5) is 24.1 Å². The number of amides is 6. The summed E-state index contributed by atoms with van der Waals surface area (Å²) < 4.78 is 30.2. The molecule has 16 heteroatoms. The fourth-order valence-corrected chi connectivity index (χ4v) is 7.66. The van der Waals surface area contributed by atoms with Crippen molar-refractivity contribution in [3.63, 3.8) is 0 Å². The highest BCUT2D eigenvalue weighted by molar-refractivity contribution is 6.36. The lowest BCUT2D eigenvalue weighted by atomic mass is 10.0. The summed E-state index contributed by atoms with van der Waals surface area (Å²) in [6.07, 6.45) is 4.51. The molecule has 0 saturated carbocycles. The Morgan fingerprint density at radius 3 is 2.22 bits per heavy atom. The van der Waals surface area contributed by atoms with Crippen molar-refractivity contribution >= 4 is 63.7 Å². The number of primary amides is 1. The highest BCUT2D eigenvalue weighted by atomic mass is 35.5. The number of likely N-dealkylation sites (tertiary alicyclic amines) is 1. The summed E-state index contributed by atoms with van der Waals surface area (Å²) in [5.74, 6) is -3.44. The smallest absolute Gasteiger partial charge is 0.319 e. The van der Waals surface area contributed by atoms with Crippen LogP contribution < -0.4 is 32.3 Å². The molecule has 1 saturated heterocycles. The number of anilines is 1. The minimum Gasteiger partial charge on any atom is -0.352 e. The van der Waals surface area contributed by atoms with Gasteiger partial charge in [0, 0.05) is 58.9 Å². The Morgan fingerprint density at radius 2 is 1.51 bits per heavy atom. The normalized spacial score (nSPS) is 13.8. The van der Waals surface area contributed by atoms with Gasteiger partial charge in [-0.2, -0.15) is 0 Å². The van der Waals surface area contributed by atoms with Crippen molar-refractivity contribution in [3.8, 4) is 0 Å². The zero-order valence-corrected chi connectivity index (χ0v) is 33.7. The van der Waals surface area contributed by atoms with E-state index < -0.39 is 47.6 Å². The molecule has 0 bridgehead atoms. The number of nitrogens with one attached hydrogen (secondary N) is 5. The molecule has 1 aromatic heterocycles. The molecule has 6 rings (SSSR count). The highest BCUT2D eigenvalue weighted by Crippen LogP contribution is 2.31. The SMILES string of the molecule is NC(=O)NCCCC(NC(=O)[C@H](Cc1ccc(F)c(F)c1)NC(=O)Nc1ccc2c(CN3CCCC3)cn(Cc3c(Cl)cccc3Cl)c2c1)C(=O)NCc1ccccc1. The van der Waals surface area contributed by atoms with Crippen LogP contribution in [0.25, 0.3) is 10.9 Å². The summed E-state index contributed by atoms with van der Waals surface area (Å²) in [4.78, 5) is 54.8. The number of nitrogens with zero attached hydrogens (tertiary/aromatic N) is 2. The van der Waals surface area contributed by atoms with E-state index in [9.17, 15) is 28.0 Å². The third-order valence-electron chi connectivity index (χ3n) is 10.2. The molecule has 310 valence electrons. The van der Waals surface area contributed by atoms with E-state index in [2.05, 4.69) is 37.7 Å². The van der Waals surface area contributed by atoms with E-state index >= 15 is 0 Å². The first-order valence-corrected chi connectivity index (χ1v) is 20.1. The Hall–Kier alpha value is -5.70. The fourth-order valence-electron chi connectivity index (χ4n) is 7.14. The van der Waals surface area contributed by atoms with Crippen molar-refractivity contribution in [2.24, 2.45) is 5.73 Å². The summed E-state index contributed by atoms with van der Waals surface area (Å²) >= 11 is 13.1. The number of halogens is 4. The predicted octanol–water partition coefficient (Wildman–Crippen LogP) is 6.85. The molecule has 12 nitrogen and oxygen atoms in total. The van der Waals surface area contributed by atoms with Crippen LogP contribution in [0.1, 0.15) is 47.9 Å². The maximum atomic E-state index is 14.3. The number of hydrogen-bond acceptors (Lipinski definition) is 5. The van der Waals surface area contributed by atoms with Gasteiger partial charge in [0.25, 0.3) is 0 Å². The van der Waals surface area contributed by atoms with Crippen molar-refractivity contribution in [1.82, 2.24) is 30.7 Å². The summed E-state index contributed by atoms with van der Waals surface area (Å²) in [5, 5.41) is 15.5. The molecule has 5 aromatic rings. The van der Waals surface area contributed by atoms with E-state index in [1.165, 1.54) is 6.07 Å². The second kappa shape index (κ2) is 20.3. The van der Waals surface area contributed by atoms with Gasteiger partial charge in [-0.05, 0) is 91.9 Å². The van der Waals surface area contributed by atoms with Gasteiger partial charge in [0.2, 0.25) is 11.8 Å². The van der Waals surface area contributed by atoms with Crippen molar-refractivity contribution in [1.29, 1.82) is 0 Å². The molecule has 0 radical (unpaired) electrons. The molecular weight excluding hydrogens is 801 g/mol. The quantitative estimate of drug-likeness (QED) is 0.0564. The number of benzene rings is 4. The summed E-state index contributed by atoms with van der Waals surface area (Å²) in [6.45, 7) is 3.47. The molecule has 1 fully saturated rings. The number of fused-ring (bicyclic) bond motifs is 1. The van der Waals surface area contributed by atoms with Crippen LogP contribution in [0, 0.1) is 11.6 Å². The monoisotopic (exact) mass is 846 g/mol. The Morgan fingerprint density at radius 1 is 0.763 bits per heavy atom. The molecule has 0 aliphatic carbocycles. The number of urea groups is 2. The first-order chi connectivity index (χ1) is 28.4. The van der Waals surface area contributed by atoms with Gasteiger partial charge >= 0.3 is 12.1 Å². The van der Waals surface area contributed by atoms with Crippen LogP contribution in [0.5, 0.6) is 0 Å². The van der Waals surface area contributed by atoms with E-state index in [0.717, 1.165) is 72.2 Å². The molecule has 1 aliphatic rings. The van der Waals surface area contributed by atoms with Gasteiger partial charge in [-0.3, -0.25) is 14.5 Å². The summed E-state index contributed by atoms with van der Waals surface area (Å²) in [7, 11) is 0. The largest absolute Gasteiger partial charge is 0.352 e. The molecule has 2 heterocycles. The second-order valence-corrected chi connectivity index (χ2v) is 15.3. The van der Waals surface area contributed by atoms with Gasteiger partial charge < -0.3 is 36.9 Å². The van der Waals surface area contributed by atoms with Gasteiger partial charge in [-0.1, -0.05) is 71.7 Å². The van der Waals surface area contributed by atoms with Gasteiger partial charge in [0.15, 0.2) is 11.6 Å². The van der Waals surface area contributed by atoms with E-state index in [1.54, 1.807) is 24.3 Å². The van der Waals surface area contributed by atoms with E-state index in [1.807, 2.05) is 47.0 Å². The molecule has 7 N–H and O–H groups in total. The van der Waals surface area contributed by atoms with Gasteiger partial charge in [0.05, 0.1) is 12.1 Å². The molecule has 1 unspecified atom stereocenters. The topological polar surface area (TPSA) is 163 Å². The minimum absolute atomic E-state index is 0.107. The van der Waals surface area contributed by atoms with Crippen LogP contribution in [-0.4, -0.2) is 65.1 Å². The van der Waals surface area contributed by atoms with Crippen LogP contribution in [0.2, 0.25) is 10.0 Å². The Labute approximate surface area is 350 Å². The number of nitrogens with two attached hydrogens (primary N) is 1. The molecule has 0 spiro atoms. The van der Waals surface area contributed by atoms with Gasteiger partial charge in [-0.25, -0.2) is 18.4 Å². The average Bonchev–Trinajstić information content (AvgIpc) is 3.85. The fraction of sp³-hybridized carbons (Fsp3) is 0.302. The molecule has 1 aliphatic heterocycles. The number of carbonyl (C=O) groups excluding carboxylic acids is 4. The lowest BCUT2D eigenvalue weighted by molar-refractivity contribution is -0.130. The maximum Gasteiger partial charge on any atom is 0.319 e. The Bertz CT molecular complexity index is 2270. The van der Waals surface area contributed by atoms with Crippen molar-refractivity contribution in [2.45, 2.75) is 63.8 Å². The first-order valence-electron chi connectivity index (χ1n) is 19.4. The number of rotatable bonds is 17. The third-order valence-corrected chi connectivity index (χ3v) is 10.9. The lowest BCUT2D eigenvalue weighted by Crippen LogP contribution is -2.55. The molecule has 2 atom stereocenters. The Kier molecular flexibility index (Phi) is 14.8. The van der Waals surface area contributed by atoms with Gasteiger partial charge in [-0.15, -0.1) is 0 Å². The van der Waals surface area contributed by atoms with Crippen LogP contribution >= 0.6 is 23.2 Å². The Balaban J connectivity index is 1.23. The molecular formula is C43H46Cl2F2N8O4. The average molecular weight is 848 g/mol. The van der Waals surface area contributed by atoms with E-state index in [-0.39, 0.29) is 37.9 Å². The van der Waals surface area contributed by atoms with Gasteiger partial charge in [0.1, 0.15) is 12.1 Å². The van der Waals surface area contributed by atoms with Crippen LogP contribution in [0.3, 0.4) is 0 Å². The first kappa shape index (κ1) is 42.9. The lowest BCUT2D eigenvalue weighted by Gasteiger charge is -2.24. The molecule has 4 aromatic carbocycles. The van der Waals surface area contributed by atoms with Crippen molar-refractivity contribution < 1.29 is 28.0 Å². The van der Waals surface area contributed by atoms with Crippen LogP contribution in [0.15, 0.2) is 91.1 Å². The predicted molar refractivity (Wildman–Crippen MR) is 225 cm³/mol. The highest BCUT2D eigenvalue weighted by Gasteiger charge is 2.28. The number of hydrogen-bond donors (Lipinski definition) is 6. The minimum atomic E-state index is -1.34. The third kappa shape index (κ3) is 11.9. The summed E-state index contributed by atoms with van der Waals surface area (Å²) in [6, 6.07) is 19.3. The second-order valence-electron chi connectivity index (χ2n) is 14.5. The summed E-state index contributed by atoms with van der Waals surface area (Å²) in [5.41, 5.74) is 9.34. The zero-order chi connectivity index (χ0) is 41.9. The number of aromatic nitrogens is 1. The standard InChI is InChI=1S/C43H46Cl2F2N8O4/c44-33-10-6-11-34(45)32(33)26-55-25-29(24-54-18-4-5-19-54)31-15-14-30(22-39(31)55)51-43(59)53-38(21-28-13-16-35(46)36(47)20-28)41(57)52-37(12-7-17-49-42(48)58)40(56)50-23-27-8-2-1-3-9-27/h1-3,6,8-11,13-16,20,22,25,37-38H,4-5,7,12,17-19,21,23-24,26H2,(H,50,56)(H,52,57)(H3,48,49,58)(H2,51,53,59)/t37?,38-/m0/s1. The van der Waals surface area contributed by atoms with E-state index in [4.69, 9.17) is 28.9 Å². The van der Waals surface area contributed by atoms with Crippen molar-refractivity contribution in [3.05, 3.63) is 135 Å². The van der Waals surface area contributed by atoms with E-state index in [0.29, 0.717) is 22.3 Å². The maximum absolute atomic E-state index is 14.3. The van der Waals surface area contributed by atoms with Crippen molar-refractivity contribution in [2.75, 3.05) is 25.0 Å². The number of carbonyl (C=O) groups is 4. The molecule has 59 heavy (non-hydrogen) atoms. The molecule has 6 amide bonds. The zero-order valence-electron chi connectivity index (χ0n) is 32.2.